The molecule has 14 heteroatoms. The van der Waals surface area contributed by atoms with Gasteiger partial charge in [0.25, 0.3) is 5.91 Å². The van der Waals surface area contributed by atoms with Crippen LogP contribution in [0.25, 0.3) is 22.5 Å². The van der Waals surface area contributed by atoms with Gasteiger partial charge in [0.15, 0.2) is 0 Å². The molecule has 1 fully saturated rings. The van der Waals surface area contributed by atoms with Crippen molar-refractivity contribution >= 4 is 23.5 Å². The minimum Gasteiger partial charge on any atom is -0.444 e. The first kappa shape index (κ1) is 30.0. The average Bonchev–Trinajstić information content (AvgIpc) is 3.44. The SMILES string of the molecule is Cc1ccc(NC(=O)c2cc(C(F)(F)F)ccn2)cc1-c1cc2cnc(=NC3CN(C(=O)OC(C)(C)C)C3)nc-2n2c1NCC2. The molecule has 1 saturated heterocycles. The third-order valence-electron chi connectivity index (χ3n) is 7.41. The second-order valence-corrected chi connectivity index (χ2v) is 12.0. The van der Waals surface area contributed by atoms with Gasteiger partial charge in [-0.2, -0.15) is 18.2 Å². The zero-order valence-corrected chi connectivity index (χ0v) is 25.1. The molecule has 234 valence electrons. The number of fused-ring (bicyclic) bond motifs is 3. The first-order chi connectivity index (χ1) is 21.2. The summed E-state index contributed by atoms with van der Waals surface area (Å²) in [5, 5.41) is 6.09. The highest BCUT2D eigenvalue weighted by atomic mass is 19.4. The first-order valence-corrected chi connectivity index (χ1v) is 14.4. The molecule has 0 unspecified atom stereocenters. The highest BCUT2D eigenvalue weighted by Gasteiger charge is 2.34. The molecule has 2 N–H and O–H groups in total. The first-order valence-electron chi connectivity index (χ1n) is 14.4. The molecule has 0 atom stereocenters. The third-order valence-corrected chi connectivity index (χ3v) is 7.41. The van der Waals surface area contributed by atoms with Crippen LogP contribution in [-0.2, 0) is 17.5 Å². The van der Waals surface area contributed by atoms with Gasteiger partial charge in [-0.15, -0.1) is 0 Å². The molecule has 1 aromatic carbocycles. The van der Waals surface area contributed by atoms with Crippen LogP contribution in [-0.4, -0.2) is 67.7 Å². The van der Waals surface area contributed by atoms with Crippen molar-refractivity contribution in [3.8, 4) is 22.5 Å². The number of ether oxygens (including phenoxy) is 1. The Bertz CT molecular complexity index is 1840. The van der Waals surface area contributed by atoms with Gasteiger partial charge in [-0.3, -0.25) is 9.78 Å². The predicted molar refractivity (Wildman–Crippen MR) is 160 cm³/mol. The van der Waals surface area contributed by atoms with Crippen molar-refractivity contribution in [1.29, 1.82) is 0 Å². The fourth-order valence-corrected chi connectivity index (χ4v) is 5.22. The number of amides is 2. The number of aryl methyl sites for hydroxylation is 1. The third kappa shape index (κ3) is 6.30. The Morgan fingerprint density at radius 2 is 1.84 bits per heavy atom. The molecule has 1 aromatic heterocycles. The van der Waals surface area contributed by atoms with E-state index in [1.807, 2.05) is 39.8 Å². The lowest BCUT2D eigenvalue weighted by Crippen LogP contribution is -2.54. The maximum atomic E-state index is 13.1. The van der Waals surface area contributed by atoms with Gasteiger partial charge in [0.1, 0.15) is 22.9 Å². The van der Waals surface area contributed by atoms with E-state index in [0.29, 0.717) is 43.3 Å². The van der Waals surface area contributed by atoms with Gasteiger partial charge in [0.2, 0.25) is 5.62 Å². The fourth-order valence-electron chi connectivity index (χ4n) is 5.22. The van der Waals surface area contributed by atoms with Crippen LogP contribution >= 0.6 is 0 Å². The largest absolute Gasteiger partial charge is 0.444 e. The van der Waals surface area contributed by atoms with Crippen molar-refractivity contribution in [2.45, 2.75) is 52.1 Å². The number of anilines is 2. The smallest absolute Gasteiger partial charge is 0.416 e. The van der Waals surface area contributed by atoms with Crippen molar-refractivity contribution in [2.24, 2.45) is 4.99 Å². The van der Waals surface area contributed by atoms with Crippen LogP contribution in [0.2, 0.25) is 0 Å². The van der Waals surface area contributed by atoms with E-state index in [2.05, 4.69) is 30.2 Å². The Morgan fingerprint density at radius 3 is 2.58 bits per heavy atom. The Labute approximate surface area is 256 Å². The summed E-state index contributed by atoms with van der Waals surface area (Å²) in [5.41, 5.74) is 2.25. The topological polar surface area (TPSA) is 127 Å². The van der Waals surface area contributed by atoms with Crippen LogP contribution in [0.15, 0.2) is 53.8 Å². The molecule has 0 aliphatic carbocycles. The van der Waals surface area contributed by atoms with Crippen LogP contribution in [0, 0.1) is 6.92 Å². The van der Waals surface area contributed by atoms with Crippen molar-refractivity contribution in [3.63, 3.8) is 0 Å². The second-order valence-electron chi connectivity index (χ2n) is 12.0. The molecule has 0 bridgehead atoms. The van der Waals surface area contributed by atoms with E-state index < -0.39 is 23.2 Å². The second kappa shape index (κ2) is 11.2. The number of rotatable bonds is 4. The normalized spacial score (nSPS) is 15.4. The van der Waals surface area contributed by atoms with E-state index in [1.165, 1.54) is 0 Å². The van der Waals surface area contributed by atoms with Crippen LogP contribution in [0.4, 0.5) is 29.5 Å². The standard InChI is InChI=1S/C31H31F3N8O3/c1-17-5-6-20(38-27(43)24-12-19(7-8-35-24)31(32,33)34)13-22(17)23-11-18-14-37-28(40-25(18)42-10-9-36-26(23)42)39-21-15-41(16-21)29(44)45-30(2,3)4/h5-8,11-14,21,36H,9-10,15-16H2,1-4H3,(H,38,43). The molecule has 2 amide bonds. The van der Waals surface area contributed by atoms with Crippen molar-refractivity contribution in [2.75, 3.05) is 30.3 Å². The lowest BCUT2D eigenvalue weighted by atomic mass is 9.98. The Balaban J connectivity index is 1.26. The molecule has 2 aromatic rings. The summed E-state index contributed by atoms with van der Waals surface area (Å²) < 4.78 is 46.9. The summed E-state index contributed by atoms with van der Waals surface area (Å²) >= 11 is 0. The molecule has 6 rings (SSSR count). The fraction of sp³-hybridized carbons (Fsp3) is 0.355. The average molecular weight is 621 g/mol. The number of carbonyl (C=O) groups is 2. The molecule has 11 nitrogen and oxygen atoms in total. The number of pyridine rings is 2. The van der Waals surface area contributed by atoms with E-state index in [0.717, 1.165) is 46.4 Å². The summed E-state index contributed by atoms with van der Waals surface area (Å²) in [6, 6.07) is 8.67. The quantitative estimate of drug-likeness (QED) is 0.330. The summed E-state index contributed by atoms with van der Waals surface area (Å²) in [6.45, 7) is 9.59. The van der Waals surface area contributed by atoms with E-state index in [1.54, 1.807) is 23.2 Å². The number of likely N-dealkylation sites (tertiary alicyclic amines) is 1. The summed E-state index contributed by atoms with van der Waals surface area (Å²) in [4.78, 5) is 44.3. The van der Waals surface area contributed by atoms with E-state index in [4.69, 9.17) is 9.72 Å². The van der Waals surface area contributed by atoms with Crippen molar-refractivity contribution in [1.82, 2.24) is 24.4 Å². The zero-order valence-electron chi connectivity index (χ0n) is 25.1. The van der Waals surface area contributed by atoms with Gasteiger partial charge in [-0.25, -0.2) is 14.8 Å². The maximum Gasteiger partial charge on any atom is 0.416 e. The molecule has 4 aliphatic rings. The maximum absolute atomic E-state index is 13.1. The molecule has 0 saturated carbocycles. The summed E-state index contributed by atoms with van der Waals surface area (Å²) in [7, 11) is 0. The number of hydrogen-bond acceptors (Lipinski definition) is 8. The van der Waals surface area contributed by atoms with Gasteiger partial charge in [-0.1, -0.05) is 6.07 Å². The Morgan fingerprint density at radius 1 is 1.07 bits per heavy atom. The predicted octanol–water partition coefficient (Wildman–Crippen LogP) is 4.97. The Kier molecular flexibility index (Phi) is 7.45. The molecule has 0 radical (unpaired) electrons. The molecule has 0 spiro atoms. The van der Waals surface area contributed by atoms with Crippen LogP contribution in [0.3, 0.4) is 0 Å². The molecule has 5 heterocycles. The molecular formula is C31H31F3N8O3. The number of halogens is 3. The summed E-state index contributed by atoms with van der Waals surface area (Å²) in [6.07, 6.45) is -2.28. The highest BCUT2D eigenvalue weighted by Crippen LogP contribution is 2.39. The molecule has 4 aliphatic heterocycles. The van der Waals surface area contributed by atoms with Gasteiger partial charge in [-0.05, 0) is 69.2 Å². The summed E-state index contributed by atoms with van der Waals surface area (Å²) in [5.74, 6) is 0.782. The number of aromatic nitrogens is 4. The lowest BCUT2D eigenvalue weighted by Gasteiger charge is -2.37. The number of alkyl halides is 3. The minimum absolute atomic E-state index is 0.128. The Hall–Kier alpha value is -5.01. The van der Waals surface area contributed by atoms with Gasteiger partial charge in [0.05, 0.1) is 11.6 Å². The van der Waals surface area contributed by atoms with E-state index in [-0.39, 0.29) is 17.8 Å². The van der Waals surface area contributed by atoms with Crippen molar-refractivity contribution < 1.29 is 27.5 Å². The number of carbonyl (C=O) groups excluding carboxylic acids is 2. The highest BCUT2D eigenvalue weighted by molar-refractivity contribution is 6.03. The van der Waals surface area contributed by atoms with Gasteiger partial charge < -0.3 is 24.8 Å². The zero-order chi connectivity index (χ0) is 32.1. The lowest BCUT2D eigenvalue weighted by molar-refractivity contribution is -0.137. The minimum atomic E-state index is -4.59. The number of nitrogens with one attached hydrogen (secondary N) is 2. The van der Waals surface area contributed by atoms with E-state index >= 15 is 0 Å². The van der Waals surface area contributed by atoms with Crippen LogP contribution in [0.1, 0.15) is 42.4 Å². The molecule has 45 heavy (non-hydrogen) atoms. The van der Waals surface area contributed by atoms with Gasteiger partial charge in [0, 0.05) is 55.4 Å². The van der Waals surface area contributed by atoms with Gasteiger partial charge >= 0.3 is 12.3 Å². The van der Waals surface area contributed by atoms with E-state index in [9.17, 15) is 22.8 Å². The number of nitrogens with zero attached hydrogens (tertiary/aromatic N) is 6. The molecular weight excluding hydrogens is 589 g/mol. The number of benzene rings is 1. The van der Waals surface area contributed by atoms with Crippen LogP contribution < -0.4 is 16.3 Å². The monoisotopic (exact) mass is 620 g/mol. The van der Waals surface area contributed by atoms with Crippen molar-refractivity contribution in [3.05, 3.63) is 71.2 Å². The van der Waals surface area contributed by atoms with Crippen LogP contribution in [0.5, 0.6) is 0 Å². The number of hydrogen-bond donors (Lipinski definition) is 2.